The summed E-state index contributed by atoms with van der Waals surface area (Å²) in [5.41, 5.74) is 0. The summed E-state index contributed by atoms with van der Waals surface area (Å²) in [6.07, 6.45) is 9.00. The quantitative estimate of drug-likeness (QED) is 0.450. The molecule has 0 heteroatoms. The molecular formula is C14H22. The summed E-state index contributed by atoms with van der Waals surface area (Å²) < 4.78 is 0. The molecule has 0 nitrogen and oxygen atoms in total. The Hall–Kier alpha value is -0.960. The van der Waals surface area contributed by atoms with Crippen molar-refractivity contribution in [3.05, 3.63) is 24.8 Å². The van der Waals surface area contributed by atoms with Crippen LogP contribution in [0.3, 0.4) is 0 Å². The van der Waals surface area contributed by atoms with Gasteiger partial charge in [0.15, 0.2) is 0 Å². The summed E-state index contributed by atoms with van der Waals surface area (Å²) in [4.78, 5) is 0. The zero-order valence-corrected chi connectivity index (χ0v) is 9.72. The first-order chi connectivity index (χ1) is 6.70. The van der Waals surface area contributed by atoms with Gasteiger partial charge in [0, 0.05) is 12.3 Å². The van der Waals surface area contributed by atoms with Crippen molar-refractivity contribution < 1.29 is 0 Å². The van der Waals surface area contributed by atoms with Gasteiger partial charge in [-0.25, -0.2) is 0 Å². The highest BCUT2D eigenvalue weighted by molar-refractivity contribution is 5.09. The Balaban J connectivity index is 3.89. The summed E-state index contributed by atoms with van der Waals surface area (Å²) in [7, 11) is 0. The van der Waals surface area contributed by atoms with Crippen LogP contribution in [-0.2, 0) is 0 Å². The van der Waals surface area contributed by atoms with E-state index < -0.39 is 0 Å². The van der Waals surface area contributed by atoms with E-state index in [0.29, 0.717) is 5.92 Å². The zero-order valence-electron chi connectivity index (χ0n) is 9.72. The minimum absolute atomic E-state index is 0.576. The van der Waals surface area contributed by atoms with Gasteiger partial charge in [0.1, 0.15) is 0 Å². The molecule has 0 N–H and O–H groups in total. The minimum atomic E-state index is 0.576. The number of hydrogen-bond donors (Lipinski definition) is 0. The molecule has 0 heterocycles. The van der Waals surface area contributed by atoms with Crippen molar-refractivity contribution in [2.24, 2.45) is 11.8 Å². The molecule has 0 spiro atoms. The molecule has 0 aromatic rings. The Bertz CT molecular complexity index is 222. The van der Waals surface area contributed by atoms with Crippen LogP contribution in [0.2, 0.25) is 0 Å². The summed E-state index contributed by atoms with van der Waals surface area (Å²) in [5, 5.41) is 0. The van der Waals surface area contributed by atoms with E-state index in [9.17, 15) is 0 Å². The van der Waals surface area contributed by atoms with Crippen LogP contribution in [0.1, 0.15) is 40.0 Å². The van der Waals surface area contributed by atoms with Crippen LogP contribution in [-0.4, -0.2) is 0 Å². The third kappa shape index (κ3) is 7.68. The predicted molar refractivity (Wildman–Crippen MR) is 65.0 cm³/mol. The monoisotopic (exact) mass is 190 g/mol. The van der Waals surface area contributed by atoms with Gasteiger partial charge in [0.2, 0.25) is 0 Å². The summed E-state index contributed by atoms with van der Waals surface area (Å²) >= 11 is 0. The Kier molecular flexibility index (Phi) is 8.04. The van der Waals surface area contributed by atoms with Gasteiger partial charge in [-0.15, -0.1) is 0 Å². The second-order valence-electron chi connectivity index (χ2n) is 3.92. The highest BCUT2D eigenvalue weighted by Crippen LogP contribution is 2.13. The maximum absolute atomic E-state index is 3.61. The summed E-state index contributed by atoms with van der Waals surface area (Å²) in [6.45, 7) is 10.3. The van der Waals surface area contributed by atoms with E-state index in [1.165, 1.54) is 6.42 Å². The Morgan fingerprint density at radius 1 is 1.36 bits per heavy atom. The van der Waals surface area contributed by atoms with Crippen molar-refractivity contribution >= 4 is 0 Å². The lowest BCUT2D eigenvalue weighted by molar-refractivity contribution is 0.477. The number of hydrogen-bond acceptors (Lipinski definition) is 0. The van der Waals surface area contributed by atoms with E-state index in [1.54, 1.807) is 6.08 Å². The molecule has 0 amide bonds. The van der Waals surface area contributed by atoms with Gasteiger partial charge >= 0.3 is 0 Å². The highest BCUT2D eigenvalue weighted by Gasteiger charge is 2.03. The minimum Gasteiger partial charge on any atom is -0.0996 e. The molecule has 0 aliphatic heterocycles. The molecule has 1 unspecified atom stereocenters. The molecule has 0 radical (unpaired) electrons. The maximum atomic E-state index is 3.61. The smallest absolute Gasteiger partial charge is 0.0272 e. The van der Waals surface area contributed by atoms with E-state index >= 15 is 0 Å². The average Bonchev–Trinajstić information content (AvgIpc) is 2.15. The number of rotatable bonds is 5. The zero-order chi connectivity index (χ0) is 10.8. The highest BCUT2D eigenvalue weighted by atomic mass is 14.1. The Morgan fingerprint density at radius 2 is 2.07 bits per heavy atom. The molecule has 1 atom stereocenters. The van der Waals surface area contributed by atoms with E-state index in [1.807, 2.05) is 12.2 Å². The summed E-state index contributed by atoms with van der Waals surface area (Å²) in [5.74, 6) is 7.84. The van der Waals surface area contributed by atoms with Gasteiger partial charge in [-0.1, -0.05) is 57.4 Å². The molecule has 0 aromatic carbocycles. The van der Waals surface area contributed by atoms with Gasteiger partial charge in [-0.2, -0.15) is 0 Å². The second-order valence-corrected chi connectivity index (χ2v) is 3.92. The van der Waals surface area contributed by atoms with Crippen molar-refractivity contribution in [1.82, 2.24) is 0 Å². The topological polar surface area (TPSA) is 0 Å². The third-order valence-corrected chi connectivity index (χ3v) is 2.05. The van der Waals surface area contributed by atoms with Crippen LogP contribution in [0, 0.1) is 23.7 Å². The van der Waals surface area contributed by atoms with E-state index in [0.717, 1.165) is 18.8 Å². The molecule has 0 fully saturated rings. The molecule has 0 aliphatic rings. The maximum Gasteiger partial charge on any atom is 0.0272 e. The lowest BCUT2D eigenvalue weighted by Gasteiger charge is -2.09. The lowest BCUT2D eigenvalue weighted by atomic mass is 9.95. The fourth-order valence-electron chi connectivity index (χ4n) is 1.32. The van der Waals surface area contributed by atoms with Crippen LogP contribution >= 0.6 is 0 Å². The second kappa shape index (κ2) is 8.63. The first-order valence-corrected chi connectivity index (χ1v) is 5.46. The van der Waals surface area contributed by atoms with Crippen molar-refractivity contribution in [3.63, 3.8) is 0 Å². The lowest BCUT2D eigenvalue weighted by Crippen LogP contribution is -2.00. The van der Waals surface area contributed by atoms with Crippen molar-refractivity contribution in [1.29, 1.82) is 0 Å². The fraction of sp³-hybridized carbons (Fsp3) is 0.571. The van der Waals surface area contributed by atoms with Gasteiger partial charge in [-0.3, -0.25) is 0 Å². The normalized spacial score (nSPS) is 12.6. The molecule has 0 saturated heterocycles. The van der Waals surface area contributed by atoms with Crippen LogP contribution in [0.15, 0.2) is 24.8 Å². The van der Waals surface area contributed by atoms with E-state index in [-0.39, 0.29) is 0 Å². The Morgan fingerprint density at radius 3 is 2.57 bits per heavy atom. The Labute approximate surface area is 89.1 Å². The van der Waals surface area contributed by atoms with Gasteiger partial charge in [0.25, 0.3) is 0 Å². The third-order valence-electron chi connectivity index (χ3n) is 2.05. The van der Waals surface area contributed by atoms with Gasteiger partial charge in [0.05, 0.1) is 0 Å². The molecule has 78 valence electrons. The van der Waals surface area contributed by atoms with Crippen LogP contribution in [0.25, 0.3) is 0 Å². The predicted octanol–water partition coefficient (Wildman–Crippen LogP) is 4.19. The van der Waals surface area contributed by atoms with Crippen LogP contribution in [0.4, 0.5) is 0 Å². The summed E-state index contributed by atoms with van der Waals surface area (Å²) in [6, 6.07) is 0. The van der Waals surface area contributed by atoms with Crippen LogP contribution < -0.4 is 0 Å². The first kappa shape index (κ1) is 13.0. The SMILES string of the molecule is C=CC=CCC#CC(CC)CC(C)C. The molecule has 0 aliphatic carbocycles. The van der Waals surface area contributed by atoms with Crippen molar-refractivity contribution in [2.45, 2.75) is 40.0 Å². The first-order valence-electron chi connectivity index (χ1n) is 5.46. The largest absolute Gasteiger partial charge is 0.0996 e. The fourth-order valence-corrected chi connectivity index (χ4v) is 1.32. The number of allylic oxidation sites excluding steroid dienone is 3. The molecular weight excluding hydrogens is 168 g/mol. The molecule has 0 aromatic heterocycles. The van der Waals surface area contributed by atoms with Crippen LogP contribution in [0.5, 0.6) is 0 Å². The van der Waals surface area contributed by atoms with Gasteiger partial charge < -0.3 is 0 Å². The molecule has 0 bridgehead atoms. The molecule has 0 saturated carbocycles. The standard InChI is InChI=1S/C14H22/c1-5-7-8-9-10-11-14(6-2)12-13(3)4/h5,7-8,13-14H,1,6,9,12H2,2-4H3. The van der Waals surface area contributed by atoms with E-state index in [4.69, 9.17) is 0 Å². The van der Waals surface area contributed by atoms with Gasteiger partial charge in [-0.05, 0) is 18.8 Å². The molecule has 0 rings (SSSR count). The molecule has 14 heavy (non-hydrogen) atoms. The van der Waals surface area contributed by atoms with Crippen molar-refractivity contribution in [2.75, 3.05) is 0 Å². The van der Waals surface area contributed by atoms with Crippen molar-refractivity contribution in [3.8, 4) is 11.8 Å². The van der Waals surface area contributed by atoms with E-state index in [2.05, 4.69) is 39.2 Å². The average molecular weight is 190 g/mol.